The second-order valence-corrected chi connectivity index (χ2v) is 6.42. The Balaban J connectivity index is 1.66. The van der Waals surface area contributed by atoms with Crippen LogP contribution in [0.2, 0.25) is 0 Å². The van der Waals surface area contributed by atoms with Crippen molar-refractivity contribution >= 4 is 11.8 Å². The van der Waals surface area contributed by atoms with Crippen molar-refractivity contribution in [3.63, 3.8) is 0 Å². The highest BCUT2D eigenvalue weighted by Gasteiger charge is 2.46. The van der Waals surface area contributed by atoms with Gasteiger partial charge in [-0.25, -0.2) is 0 Å². The minimum absolute atomic E-state index is 0.157. The molecule has 0 aliphatic carbocycles. The molecule has 3 atom stereocenters. The number of piperazine rings is 1. The van der Waals surface area contributed by atoms with Crippen molar-refractivity contribution < 1.29 is 14.3 Å². The molecule has 3 heterocycles. The highest BCUT2D eigenvalue weighted by molar-refractivity contribution is 5.97. The lowest BCUT2D eigenvalue weighted by molar-refractivity contribution is -0.160. The number of rotatable bonds is 4. The van der Waals surface area contributed by atoms with Gasteiger partial charge in [-0.2, -0.15) is 0 Å². The van der Waals surface area contributed by atoms with Gasteiger partial charge in [0.2, 0.25) is 11.8 Å². The third kappa shape index (κ3) is 2.80. The molecule has 3 fully saturated rings. The largest absolute Gasteiger partial charge is 0.378 e. The number of carbonyl (C=O) groups excluding carboxylic acids is 2. The molecule has 0 aromatic heterocycles. The lowest BCUT2D eigenvalue weighted by Gasteiger charge is -2.42. The number of amides is 2. The number of ether oxygens (including phenoxy) is 1. The summed E-state index contributed by atoms with van der Waals surface area (Å²) in [6.45, 7) is 4.25. The Bertz CT molecular complexity index is 406. The van der Waals surface area contributed by atoms with E-state index >= 15 is 0 Å². The Morgan fingerprint density at radius 2 is 2.00 bits per heavy atom. The van der Waals surface area contributed by atoms with Crippen molar-refractivity contribution in [1.29, 1.82) is 0 Å². The summed E-state index contributed by atoms with van der Waals surface area (Å²) in [7, 11) is 0. The van der Waals surface area contributed by atoms with Gasteiger partial charge in [0.05, 0.1) is 6.10 Å². The van der Waals surface area contributed by atoms with E-state index < -0.39 is 0 Å². The average Bonchev–Trinajstić information content (AvgIpc) is 3.00. The first-order chi connectivity index (χ1) is 10.2. The molecule has 3 unspecified atom stereocenters. The van der Waals surface area contributed by atoms with Gasteiger partial charge in [0, 0.05) is 19.7 Å². The molecule has 0 aromatic carbocycles. The molecule has 3 saturated heterocycles. The lowest BCUT2D eigenvalue weighted by Crippen LogP contribution is -2.62. The van der Waals surface area contributed by atoms with Crippen LogP contribution in [0, 0.1) is 0 Å². The summed E-state index contributed by atoms with van der Waals surface area (Å²) < 4.78 is 5.75. The van der Waals surface area contributed by atoms with Crippen LogP contribution < -0.4 is 0 Å². The van der Waals surface area contributed by atoms with E-state index in [-0.39, 0.29) is 30.0 Å². The first-order valence-electron chi connectivity index (χ1n) is 8.45. The van der Waals surface area contributed by atoms with E-state index in [2.05, 4.69) is 0 Å². The van der Waals surface area contributed by atoms with E-state index in [1.807, 2.05) is 16.7 Å². The number of carbonyl (C=O) groups is 2. The van der Waals surface area contributed by atoms with Gasteiger partial charge in [-0.1, -0.05) is 6.92 Å². The van der Waals surface area contributed by atoms with Gasteiger partial charge >= 0.3 is 0 Å². The van der Waals surface area contributed by atoms with Gasteiger partial charge in [-0.15, -0.1) is 0 Å². The summed E-state index contributed by atoms with van der Waals surface area (Å²) in [6.07, 6.45) is 7.07. The highest BCUT2D eigenvalue weighted by atomic mass is 16.5. The summed E-state index contributed by atoms with van der Waals surface area (Å²) in [5.74, 6) is 0.318. The third-order valence-corrected chi connectivity index (χ3v) is 5.12. The van der Waals surface area contributed by atoms with Crippen molar-refractivity contribution in [2.75, 3.05) is 19.7 Å². The van der Waals surface area contributed by atoms with Crippen molar-refractivity contribution in [2.45, 2.75) is 70.1 Å². The molecule has 0 aromatic rings. The van der Waals surface area contributed by atoms with E-state index in [9.17, 15) is 9.59 Å². The Labute approximate surface area is 126 Å². The summed E-state index contributed by atoms with van der Waals surface area (Å²) in [5.41, 5.74) is 0. The van der Waals surface area contributed by atoms with Crippen LogP contribution in [0.15, 0.2) is 0 Å². The number of hydrogen-bond acceptors (Lipinski definition) is 3. The summed E-state index contributed by atoms with van der Waals surface area (Å²) in [5, 5.41) is 0. The van der Waals surface area contributed by atoms with Crippen molar-refractivity contribution in [3.05, 3.63) is 0 Å². The smallest absolute Gasteiger partial charge is 0.246 e. The topological polar surface area (TPSA) is 49.9 Å². The molecular weight excluding hydrogens is 268 g/mol. The van der Waals surface area contributed by atoms with E-state index in [1.54, 1.807) is 0 Å². The normalized spacial score (nSPS) is 33.5. The summed E-state index contributed by atoms with van der Waals surface area (Å²) >= 11 is 0. The molecule has 5 nitrogen and oxygen atoms in total. The van der Waals surface area contributed by atoms with Gasteiger partial charge in [0.1, 0.15) is 12.1 Å². The zero-order chi connectivity index (χ0) is 14.8. The van der Waals surface area contributed by atoms with E-state index in [1.165, 1.54) is 6.42 Å². The SMILES string of the molecule is CCC1C(=O)N2CCCC2C(=O)N1CCC1CCCCO1. The van der Waals surface area contributed by atoms with Gasteiger partial charge in [0.25, 0.3) is 0 Å². The first kappa shape index (κ1) is 14.8. The zero-order valence-corrected chi connectivity index (χ0v) is 12.9. The predicted molar refractivity (Wildman–Crippen MR) is 78.7 cm³/mol. The van der Waals surface area contributed by atoms with Crippen LogP contribution in [0.4, 0.5) is 0 Å². The molecule has 2 amide bonds. The number of nitrogens with zero attached hydrogens (tertiary/aromatic N) is 2. The molecule has 5 heteroatoms. The maximum absolute atomic E-state index is 12.7. The van der Waals surface area contributed by atoms with Crippen LogP contribution in [-0.2, 0) is 14.3 Å². The fourth-order valence-electron chi connectivity index (χ4n) is 3.94. The van der Waals surface area contributed by atoms with Crippen LogP contribution >= 0.6 is 0 Å². The van der Waals surface area contributed by atoms with Crippen molar-refractivity contribution in [3.8, 4) is 0 Å². The second kappa shape index (κ2) is 6.34. The molecule has 118 valence electrons. The minimum Gasteiger partial charge on any atom is -0.378 e. The van der Waals surface area contributed by atoms with Gasteiger partial charge in [-0.05, 0) is 44.9 Å². The Kier molecular flexibility index (Phi) is 4.48. The fourth-order valence-corrected chi connectivity index (χ4v) is 3.94. The molecule has 0 spiro atoms. The third-order valence-electron chi connectivity index (χ3n) is 5.12. The van der Waals surface area contributed by atoms with Crippen molar-refractivity contribution in [1.82, 2.24) is 9.80 Å². The monoisotopic (exact) mass is 294 g/mol. The molecule has 3 aliphatic heterocycles. The van der Waals surface area contributed by atoms with Gasteiger partial charge in [0.15, 0.2) is 0 Å². The average molecular weight is 294 g/mol. The molecule has 3 rings (SSSR count). The molecule has 0 saturated carbocycles. The fraction of sp³-hybridized carbons (Fsp3) is 0.875. The van der Waals surface area contributed by atoms with Crippen LogP contribution in [0.25, 0.3) is 0 Å². The summed E-state index contributed by atoms with van der Waals surface area (Å²) in [6, 6.07) is -0.442. The number of fused-ring (bicyclic) bond motifs is 1. The summed E-state index contributed by atoms with van der Waals surface area (Å²) in [4.78, 5) is 28.9. The second-order valence-electron chi connectivity index (χ2n) is 6.42. The van der Waals surface area contributed by atoms with Crippen LogP contribution in [-0.4, -0.2) is 59.5 Å². The maximum atomic E-state index is 12.7. The van der Waals surface area contributed by atoms with Gasteiger partial charge < -0.3 is 14.5 Å². The van der Waals surface area contributed by atoms with E-state index in [4.69, 9.17) is 4.74 Å². The number of hydrogen-bond donors (Lipinski definition) is 0. The Hall–Kier alpha value is -1.10. The van der Waals surface area contributed by atoms with Gasteiger partial charge in [-0.3, -0.25) is 9.59 Å². The van der Waals surface area contributed by atoms with E-state index in [0.29, 0.717) is 13.0 Å². The standard InChI is InChI=1S/C16H26N2O3/c1-2-13-15(19)17-9-5-7-14(17)16(20)18(13)10-8-12-6-3-4-11-21-12/h12-14H,2-11H2,1H3. The Morgan fingerprint density at radius 3 is 2.71 bits per heavy atom. The maximum Gasteiger partial charge on any atom is 0.246 e. The molecular formula is C16H26N2O3. The molecule has 3 aliphatic rings. The quantitative estimate of drug-likeness (QED) is 0.790. The Morgan fingerprint density at radius 1 is 1.14 bits per heavy atom. The van der Waals surface area contributed by atoms with Crippen molar-refractivity contribution in [2.24, 2.45) is 0 Å². The van der Waals surface area contributed by atoms with Crippen LogP contribution in [0.1, 0.15) is 51.9 Å². The first-order valence-corrected chi connectivity index (χ1v) is 8.45. The zero-order valence-electron chi connectivity index (χ0n) is 12.9. The minimum atomic E-state index is -0.254. The molecule has 21 heavy (non-hydrogen) atoms. The lowest BCUT2D eigenvalue weighted by atomic mass is 10.0. The van der Waals surface area contributed by atoms with Crippen LogP contribution in [0.5, 0.6) is 0 Å². The molecule has 0 bridgehead atoms. The predicted octanol–water partition coefficient (Wildman–Crippen LogP) is 1.56. The van der Waals surface area contributed by atoms with E-state index in [0.717, 1.165) is 45.3 Å². The molecule has 0 radical (unpaired) electrons. The van der Waals surface area contributed by atoms with Crippen LogP contribution in [0.3, 0.4) is 0 Å². The highest BCUT2D eigenvalue weighted by Crippen LogP contribution is 2.28. The molecule has 0 N–H and O–H groups in total.